The molecule has 0 unspecified atom stereocenters. The van der Waals surface area contributed by atoms with Crippen LogP contribution in [0.5, 0.6) is 11.5 Å². The second kappa shape index (κ2) is 8.78. The maximum Gasteiger partial charge on any atom is 0.243 e. The topological polar surface area (TPSA) is 59.5 Å². The monoisotopic (exact) mass is 478 g/mol. The predicted molar refractivity (Wildman–Crippen MR) is 131 cm³/mol. The van der Waals surface area contributed by atoms with Gasteiger partial charge in [0.25, 0.3) is 0 Å². The highest BCUT2D eigenvalue weighted by Crippen LogP contribution is 2.36. The Hall–Kier alpha value is -2.93. The van der Waals surface area contributed by atoms with Crippen LogP contribution >= 0.6 is 11.6 Å². The molecule has 1 aliphatic heterocycles. The number of para-hydroxylation sites is 1. The molecule has 5 nitrogen and oxygen atoms in total. The largest absolute Gasteiger partial charge is 0.457 e. The SMILES string of the molecule is Cc1cnc2c(Cl)cccc2c1-c1cccc(Oc2ccc(S(=O)(=O)N3CCCC3)cc2)c1. The van der Waals surface area contributed by atoms with E-state index in [1.807, 2.05) is 55.6 Å². The van der Waals surface area contributed by atoms with Crippen molar-refractivity contribution in [3.8, 4) is 22.6 Å². The molecule has 0 N–H and O–H groups in total. The Kier molecular flexibility index (Phi) is 5.83. The molecule has 0 bridgehead atoms. The summed E-state index contributed by atoms with van der Waals surface area (Å²) in [5, 5.41) is 1.60. The summed E-state index contributed by atoms with van der Waals surface area (Å²) >= 11 is 6.36. The van der Waals surface area contributed by atoms with Crippen molar-refractivity contribution in [3.05, 3.63) is 83.5 Å². The molecule has 0 spiro atoms. The van der Waals surface area contributed by atoms with Crippen molar-refractivity contribution in [2.75, 3.05) is 13.1 Å². The van der Waals surface area contributed by atoms with Gasteiger partial charge < -0.3 is 4.74 Å². The van der Waals surface area contributed by atoms with Crippen LogP contribution in [0.3, 0.4) is 0 Å². The van der Waals surface area contributed by atoms with Crippen molar-refractivity contribution in [2.24, 2.45) is 0 Å². The summed E-state index contributed by atoms with van der Waals surface area (Å²) in [7, 11) is -3.44. The van der Waals surface area contributed by atoms with E-state index in [0.717, 1.165) is 40.4 Å². The molecular weight excluding hydrogens is 456 g/mol. The number of fused-ring (bicyclic) bond motifs is 1. The number of hydrogen-bond donors (Lipinski definition) is 0. The van der Waals surface area contributed by atoms with Gasteiger partial charge in [-0.15, -0.1) is 0 Å². The van der Waals surface area contributed by atoms with Gasteiger partial charge in [-0.25, -0.2) is 8.42 Å². The highest BCUT2D eigenvalue weighted by atomic mass is 35.5. The number of aryl methyl sites for hydroxylation is 1. The molecule has 0 saturated carbocycles. The highest BCUT2D eigenvalue weighted by molar-refractivity contribution is 7.89. The molecule has 0 atom stereocenters. The molecule has 1 aromatic heterocycles. The van der Waals surface area contributed by atoms with Crippen LogP contribution in [-0.4, -0.2) is 30.8 Å². The van der Waals surface area contributed by atoms with E-state index in [1.165, 1.54) is 0 Å². The van der Waals surface area contributed by atoms with Crippen LogP contribution in [0.25, 0.3) is 22.0 Å². The fraction of sp³-hybridized carbons (Fsp3) is 0.192. The number of aromatic nitrogens is 1. The van der Waals surface area contributed by atoms with Gasteiger partial charge in [0.2, 0.25) is 10.0 Å². The van der Waals surface area contributed by atoms with Gasteiger partial charge in [-0.3, -0.25) is 4.98 Å². The lowest BCUT2D eigenvalue weighted by atomic mass is 9.97. The summed E-state index contributed by atoms with van der Waals surface area (Å²) in [5.41, 5.74) is 3.85. The first-order valence-electron chi connectivity index (χ1n) is 10.9. The van der Waals surface area contributed by atoms with E-state index in [2.05, 4.69) is 4.98 Å². The van der Waals surface area contributed by atoms with E-state index in [0.29, 0.717) is 34.5 Å². The summed E-state index contributed by atoms with van der Waals surface area (Å²) in [6.07, 6.45) is 3.65. The molecule has 0 amide bonds. The summed E-state index contributed by atoms with van der Waals surface area (Å²) in [5.74, 6) is 1.24. The number of benzene rings is 3. The Balaban J connectivity index is 1.44. The van der Waals surface area contributed by atoms with Crippen LogP contribution in [0.4, 0.5) is 0 Å². The minimum Gasteiger partial charge on any atom is -0.457 e. The summed E-state index contributed by atoms with van der Waals surface area (Å²) in [6.45, 7) is 3.19. The maximum absolute atomic E-state index is 12.7. The fourth-order valence-corrected chi connectivity index (χ4v) is 6.02. The number of hydrogen-bond acceptors (Lipinski definition) is 4. The molecule has 0 radical (unpaired) electrons. The summed E-state index contributed by atoms with van der Waals surface area (Å²) in [6, 6.07) is 20.2. The Morgan fingerprint density at radius 2 is 1.67 bits per heavy atom. The lowest BCUT2D eigenvalue weighted by Crippen LogP contribution is -2.27. The molecule has 0 aliphatic carbocycles. The van der Waals surface area contributed by atoms with Gasteiger partial charge in [-0.1, -0.05) is 35.9 Å². The average molecular weight is 479 g/mol. The smallest absolute Gasteiger partial charge is 0.243 e. The van der Waals surface area contributed by atoms with Gasteiger partial charge in [0.05, 0.1) is 15.4 Å². The molecular formula is C26H23ClN2O3S. The van der Waals surface area contributed by atoms with Gasteiger partial charge in [-0.05, 0) is 78.9 Å². The Bertz CT molecular complexity index is 1430. The minimum absolute atomic E-state index is 0.293. The lowest BCUT2D eigenvalue weighted by Gasteiger charge is -2.16. The predicted octanol–water partition coefficient (Wildman–Crippen LogP) is 6.44. The number of nitrogens with zero attached hydrogens (tertiary/aromatic N) is 2. The molecule has 2 heterocycles. The van der Waals surface area contributed by atoms with Crippen LogP contribution in [0.1, 0.15) is 18.4 Å². The van der Waals surface area contributed by atoms with Gasteiger partial charge in [-0.2, -0.15) is 4.31 Å². The minimum atomic E-state index is -3.44. The number of halogens is 1. The van der Waals surface area contributed by atoms with Crippen LogP contribution in [0.15, 0.2) is 77.8 Å². The maximum atomic E-state index is 12.7. The molecule has 5 rings (SSSR count). The fourth-order valence-electron chi connectivity index (χ4n) is 4.28. The number of rotatable bonds is 5. The van der Waals surface area contributed by atoms with Crippen LogP contribution in [0, 0.1) is 6.92 Å². The molecule has 3 aromatic carbocycles. The quantitative estimate of drug-likeness (QED) is 0.331. The van der Waals surface area contributed by atoms with E-state index < -0.39 is 10.0 Å². The van der Waals surface area contributed by atoms with Crippen LogP contribution in [-0.2, 0) is 10.0 Å². The normalized spacial score (nSPS) is 14.6. The van der Waals surface area contributed by atoms with E-state index in [1.54, 1.807) is 28.6 Å². The second-order valence-electron chi connectivity index (χ2n) is 8.16. The summed E-state index contributed by atoms with van der Waals surface area (Å²) in [4.78, 5) is 4.79. The first-order valence-corrected chi connectivity index (χ1v) is 12.7. The Morgan fingerprint density at radius 1 is 0.939 bits per heavy atom. The molecule has 33 heavy (non-hydrogen) atoms. The van der Waals surface area contributed by atoms with E-state index >= 15 is 0 Å². The van der Waals surface area contributed by atoms with Gasteiger partial charge in [0.15, 0.2) is 0 Å². The van der Waals surface area contributed by atoms with Gasteiger partial charge >= 0.3 is 0 Å². The van der Waals surface area contributed by atoms with Crippen molar-refractivity contribution in [1.29, 1.82) is 0 Å². The molecule has 1 saturated heterocycles. The molecule has 1 fully saturated rings. The second-order valence-corrected chi connectivity index (χ2v) is 10.5. The van der Waals surface area contributed by atoms with Crippen molar-refractivity contribution >= 4 is 32.5 Å². The summed E-state index contributed by atoms with van der Waals surface area (Å²) < 4.78 is 33.1. The van der Waals surface area contributed by atoms with Gasteiger partial charge in [0, 0.05) is 24.7 Å². The van der Waals surface area contributed by atoms with Crippen molar-refractivity contribution in [3.63, 3.8) is 0 Å². The number of pyridine rings is 1. The highest BCUT2D eigenvalue weighted by Gasteiger charge is 2.27. The first-order chi connectivity index (χ1) is 15.9. The van der Waals surface area contributed by atoms with Gasteiger partial charge in [0.1, 0.15) is 11.5 Å². The van der Waals surface area contributed by atoms with Crippen molar-refractivity contribution in [1.82, 2.24) is 9.29 Å². The Labute approximate surface area is 198 Å². The molecule has 7 heteroatoms. The molecule has 168 valence electrons. The van der Waals surface area contributed by atoms with E-state index in [9.17, 15) is 8.42 Å². The lowest BCUT2D eigenvalue weighted by molar-refractivity contribution is 0.475. The first kappa shape index (κ1) is 21.9. The van der Waals surface area contributed by atoms with Crippen molar-refractivity contribution < 1.29 is 13.2 Å². The molecule has 4 aromatic rings. The number of ether oxygens (including phenoxy) is 1. The van der Waals surface area contributed by atoms with Crippen LogP contribution < -0.4 is 4.74 Å². The standard InChI is InChI=1S/C26H23ClN2O3S/c1-18-17-28-26-23(8-5-9-24(26)27)25(18)19-6-4-7-21(16-19)32-20-10-12-22(13-11-20)33(30,31)29-14-2-3-15-29/h4-13,16-17H,2-3,14-15H2,1H3. The zero-order valence-electron chi connectivity index (χ0n) is 18.2. The third-order valence-electron chi connectivity index (χ3n) is 5.92. The number of sulfonamides is 1. The zero-order valence-corrected chi connectivity index (χ0v) is 19.7. The Morgan fingerprint density at radius 3 is 2.42 bits per heavy atom. The van der Waals surface area contributed by atoms with Crippen molar-refractivity contribution in [2.45, 2.75) is 24.7 Å². The third kappa shape index (κ3) is 4.22. The average Bonchev–Trinajstić information content (AvgIpc) is 3.36. The van der Waals surface area contributed by atoms with E-state index in [4.69, 9.17) is 16.3 Å². The zero-order chi connectivity index (χ0) is 23.0. The molecule has 1 aliphatic rings. The van der Waals surface area contributed by atoms with E-state index in [-0.39, 0.29) is 0 Å². The van der Waals surface area contributed by atoms with Crippen LogP contribution in [0.2, 0.25) is 5.02 Å². The third-order valence-corrected chi connectivity index (χ3v) is 8.14.